The summed E-state index contributed by atoms with van der Waals surface area (Å²) in [6.45, 7) is 5.54. The average Bonchev–Trinajstić information content (AvgIpc) is 2.63. The second-order valence-electron chi connectivity index (χ2n) is 6.63. The number of carbonyl (C=O) groups excluding carboxylic acids is 1. The molecule has 2 aromatic rings. The summed E-state index contributed by atoms with van der Waals surface area (Å²) in [6.07, 6.45) is -4.39. The van der Waals surface area contributed by atoms with Crippen molar-refractivity contribution in [3.63, 3.8) is 0 Å². The second kappa shape index (κ2) is 7.50. The summed E-state index contributed by atoms with van der Waals surface area (Å²) in [5.41, 5.74) is 2.01. The Morgan fingerprint density at radius 2 is 1.50 bits per heavy atom. The number of carbonyl (C=O) groups is 1. The quantitative estimate of drug-likeness (QED) is 0.825. The van der Waals surface area contributed by atoms with Gasteiger partial charge in [0.25, 0.3) is 5.91 Å². The van der Waals surface area contributed by atoms with Gasteiger partial charge in [-0.25, -0.2) is 0 Å². The zero-order chi connectivity index (χ0) is 18.7. The number of hydrogen-bond acceptors (Lipinski definition) is 2. The molecule has 1 fully saturated rings. The van der Waals surface area contributed by atoms with Crippen LogP contribution in [0.25, 0.3) is 0 Å². The normalized spacial score (nSPS) is 15.9. The van der Waals surface area contributed by atoms with E-state index < -0.39 is 11.7 Å². The molecular formula is C20H21F3N2O. The third-order valence-corrected chi connectivity index (χ3v) is 4.65. The van der Waals surface area contributed by atoms with Gasteiger partial charge in [0.2, 0.25) is 0 Å². The van der Waals surface area contributed by atoms with E-state index in [1.807, 2.05) is 0 Å². The zero-order valence-corrected chi connectivity index (χ0v) is 14.6. The first kappa shape index (κ1) is 18.5. The molecule has 0 spiro atoms. The Labute approximate surface area is 151 Å². The molecule has 26 heavy (non-hydrogen) atoms. The zero-order valence-electron chi connectivity index (χ0n) is 14.6. The summed E-state index contributed by atoms with van der Waals surface area (Å²) in [5, 5.41) is 0. The summed E-state index contributed by atoms with van der Waals surface area (Å²) >= 11 is 0. The molecule has 0 atom stereocenters. The highest BCUT2D eigenvalue weighted by atomic mass is 19.4. The van der Waals surface area contributed by atoms with Gasteiger partial charge in [-0.05, 0) is 36.8 Å². The van der Waals surface area contributed by atoms with Crippen molar-refractivity contribution >= 4 is 5.91 Å². The molecule has 3 rings (SSSR count). The van der Waals surface area contributed by atoms with E-state index in [4.69, 9.17) is 0 Å². The van der Waals surface area contributed by atoms with Crippen LogP contribution in [0.4, 0.5) is 13.2 Å². The lowest BCUT2D eigenvalue weighted by atomic mass is 10.1. The lowest BCUT2D eigenvalue weighted by Gasteiger charge is -2.34. The number of aryl methyl sites for hydroxylation is 1. The summed E-state index contributed by atoms with van der Waals surface area (Å²) in [4.78, 5) is 16.5. The maximum Gasteiger partial charge on any atom is 0.416 e. The number of halogens is 3. The second-order valence-corrected chi connectivity index (χ2v) is 6.63. The van der Waals surface area contributed by atoms with Crippen molar-refractivity contribution in [2.45, 2.75) is 19.6 Å². The van der Waals surface area contributed by atoms with Crippen molar-refractivity contribution in [3.05, 3.63) is 70.8 Å². The monoisotopic (exact) mass is 362 g/mol. The molecule has 1 heterocycles. The predicted molar refractivity (Wildman–Crippen MR) is 93.8 cm³/mol. The van der Waals surface area contributed by atoms with Gasteiger partial charge in [0.1, 0.15) is 0 Å². The largest absolute Gasteiger partial charge is 0.416 e. The van der Waals surface area contributed by atoms with E-state index in [0.717, 1.165) is 31.8 Å². The van der Waals surface area contributed by atoms with Gasteiger partial charge in [0, 0.05) is 38.3 Å². The van der Waals surface area contributed by atoms with E-state index in [-0.39, 0.29) is 5.91 Å². The number of rotatable bonds is 3. The van der Waals surface area contributed by atoms with E-state index in [1.165, 1.54) is 23.3 Å². The molecule has 3 nitrogen and oxygen atoms in total. The van der Waals surface area contributed by atoms with Crippen molar-refractivity contribution in [3.8, 4) is 0 Å². The van der Waals surface area contributed by atoms with Crippen LogP contribution in [-0.2, 0) is 12.7 Å². The van der Waals surface area contributed by atoms with Crippen LogP contribution in [0.1, 0.15) is 27.0 Å². The molecule has 6 heteroatoms. The fraction of sp³-hybridized carbons (Fsp3) is 0.350. The van der Waals surface area contributed by atoms with E-state index in [0.29, 0.717) is 18.7 Å². The summed E-state index contributed by atoms with van der Waals surface area (Å²) in [7, 11) is 0. The maximum absolute atomic E-state index is 12.6. The third kappa shape index (κ3) is 4.43. The van der Waals surface area contributed by atoms with Gasteiger partial charge in [0.15, 0.2) is 0 Å². The summed E-state index contributed by atoms with van der Waals surface area (Å²) in [6, 6.07) is 12.8. The topological polar surface area (TPSA) is 23.6 Å². The molecular weight excluding hydrogens is 341 g/mol. The van der Waals surface area contributed by atoms with E-state index in [9.17, 15) is 18.0 Å². The minimum Gasteiger partial charge on any atom is -0.336 e. The van der Waals surface area contributed by atoms with Crippen molar-refractivity contribution in [1.82, 2.24) is 9.80 Å². The van der Waals surface area contributed by atoms with Crippen LogP contribution in [0.3, 0.4) is 0 Å². The van der Waals surface area contributed by atoms with Gasteiger partial charge in [-0.1, -0.05) is 29.8 Å². The molecule has 0 aliphatic carbocycles. The number of piperazine rings is 1. The Hall–Kier alpha value is -2.34. The summed E-state index contributed by atoms with van der Waals surface area (Å²) < 4.78 is 37.9. The SMILES string of the molecule is Cc1ccc(CN2CCN(C(=O)c3ccc(C(F)(F)F)cc3)CC2)cc1. The molecule has 0 N–H and O–H groups in total. The number of hydrogen-bond donors (Lipinski definition) is 0. The van der Waals surface area contributed by atoms with Gasteiger partial charge in [-0.2, -0.15) is 13.2 Å². The Morgan fingerprint density at radius 1 is 0.923 bits per heavy atom. The first-order chi connectivity index (χ1) is 12.3. The molecule has 1 amide bonds. The maximum atomic E-state index is 12.6. The van der Waals surface area contributed by atoms with E-state index in [1.54, 1.807) is 4.90 Å². The van der Waals surface area contributed by atoms with Crippen molar-refractivity contribution < 1.29 is 18.0 Å². The smallest absolute Gasteiger partial charge is 0.336 e. The van der Waals surface area contributed by atoms with Gasteiger partial charge in [0.05, 0.1) is 5.56 Å². The summed E-state index contributed by atoms with van der Waals surface area (Å²) in [5.74, 6) is -0.214. The third-order valence-electron chi connectivity index (χ3n) is 4.65. The standard InChI is InChI=1S/C20H21F3N2O/c1-15-2-4-16(5-3-15)14-24-10-12-25(13-11-24)19(26)17-6-8-18(9-7-17)20(21,22)23/h2-9H,10-14H2,1H3. The molecule has 0 radical (unpaired) electrons. The molecule has 0 unspecified atom stereocenters. The van der Waals surface area contributed by atoms with Crippen molar-refractivity contribution in [2.75, 3.05) is 26.2 Å². The molecule has 1 saturated heterocycles. The Bertz CT molecular complexity index is 746. The first-order valence-electron chi connectivity index (χ1n) is 8.57. The predicted octanol–water partition coefficient (Wildman–Crippen LogP) is 3.97. The van der Waals surface area contributed by atoms with Gasteiger partial charge in [-0.3, -0.25) is 9.69 Å². The van der Waals surface area contributed by atoms with Crippen LogP contribution < -0.4 is 0 Å². The molecule has 0 saturated carbocycles. The van der Waals surface area contributed by atoms with Crippen LogP contribution in [-0.4, -0.2) is 41.9 Å². The first-order valence-corrected chi connectivity index (χ1v) is 8.57. The van der Waals surface area contributed by atoms with Crippen LogP contribution in [0.5, 0.6) is 0 Å². The molecule has 138 valence electrons. The fourth-order valence-corrected chi connectivity index (χ4v) is 3.05. The number of alkyl halides is 3. The van der Waals surface area contributed by atoms with Crippen LogP contribution in [0, 0.1) is 6.92 Å². The number of nitrogens with zero attached hydrogens (tertiary/aromatic N) is 2. The fourth-order valence-electron chi connectivity index (χ4n) is 3.05. The lowest BCUT2D eigenvalue weighted by molar-refractivity contribution is -0.137. The van der Waals surface area contributed by atoms with Crippen LogP contribution >= 0.6 is 0 Å². The van der Waals surface area contributed by atoms with Gasteiger partial charge in [-0.15, -0.1) is 0 Å². The molecule has 1 aliphatic rings. The number of amides is 1. The van der Waals surface area contributed by atoms with Gasteiger partial charge < -0.3 is 4.90 Å². The molecule has 0 bridgehead atoms. The highest BCUT2D eigenvalue weighted by Gasteiger charge is 2.30. The molecule has 2 aromatic carbocycles. The lowest BCUT2D eigenvalue weighted by Crippen LogP contribution is -2.48. The molecule has 1 aliphatic heterocycles. The Morgan fingerprint density at radius 3 is 2.04 bits per heavy atom. The van der Waals surface area contributed by atoms with Crippen molar-refractivity contribution in [1.29, 1.82) is 0 Å². The molecule has 0 aromatic heterocycles. The van der Waals surface area contributed by atoms with Crippen LogP contribution in [0.15, 0.2) is 48.5 Å². The minimum atomic E-state index is -4.39. The average molecular weight is 362 g/mol. The highest BCUT2D eigenvalue weighted by molar-refractivity contribution is 5.94. The Balaban J connectivity index is 1.55. The van der Waals surface area contributed by atoms with Gasteiger partial charge >= 0.3 is 6.18 Å². The Kier molecular flexibility index (Phi) is 5.32. The van der Waals surface area contributed by atoms with E-state index in [2.05, 4.69) is 36.1 Å². The minimum absolute atomic E-state index is 0.214. The van der Waals surface area contributed by atoms with Crippen molar-refractivity contribution in [2.24, 2.45) is 0 Å². The highest BCUT2D eigenvalue weighted by Crippen LogP contribution is 2.29. The van der Waals surface area contributed by atoms with E-state index >= 15 is 0 Å². The number of benzene rings is 2. The van der Waals surface area contributed by atoms with Crippen LogP contribution in [0.2, 0.25) is 0 Å².